The SMILES string of the molecule is COc1ccc(C(=O)Nc2nc(-c3ccccc3)cs2)c(NS(=O)(=O)c2cccnc2)c1. The molecule has 0 atom stereocenters. The molecule has 0 radical (unpaired) electrons. The number of rotatable bonds is 7. The van der Waals surface area contributed by atoms with Gasteiger partial charge in [0.25, 0.3) is 15.9 Å². The van der Waals surface area contributed by atoms with Crippen molar-refractivity contribution >= 4 is 38.1 Å². The highest BCUT2D eigenvalue weighted by Gasteiger charge is 2.20. The summed E-state index contributed by atoms with van der Waals surface area (Å²) in [6.07, 6.45) is 2.70. The number of pyridine rings is 1. The van der Waals surface area contributed by atoms with Crippen LogP contribution in [0, 0.1) is 0 Å². The molecule has 10 heteroatoms. The van der Waals surface area contributed by atoms with Crippen LogP contribution < -0.4 is 14.8 Å². The lowest BCUT2D eigenvalue weighted by molar-refractivity contribution is 0.102. The van der Waals surface area contributed by atoms with Gasteiger partial charge in [0.2, 0.25) is 0 Å². The number of nitrogens with zero attached hydrogens (tertiary/aromatic N) is 2. The summed E-state index contributed by atoms with van der Waals surface area (Å²) < 4.78 is 33.2. The lowest BCUT2D eigenvalue weighted by Crippen LogP contribution is -2.19. The van der Waals surface area contributed by atoms with Gasteiger partial charge in [0.15, 0.2) is 5.13 Å². The van der Waals surface area contributed by atoms with Crippen LogP contribution >= 0.6 is 11.3 Å². The smallest absolute Gasteiger partial charge is 0.263 e. The van der Waals surface area contributed by atoms with Gasteiger partial charge in [0.05, 0.1) is 24.1 Å². The lowest BCUT2D eigenvalue weighted by Gasteiger charge is -2.13. The summed E-state index contributed by atoms with van der Waals surface area (Å²) in [5.74, 6) is -0.114. The highest BCUT2D eigenvalue weighted by molar-refractivity contribution is 7.92. The average Bonchev–Trinajstić information content (AvgIpc) is 3.28. The number of methoxy groups -OCH3 is 1. The molecular weight excluding hydrogens is 448 g/mol. The topological polar surface area (TPSA) is 110 Å². The van der Waals surface area contributed by atoms with E-state index in [2.05, 4.69) is 20.0 Å². The second-order valence-corrected chi connectivity index (χ2v) is 9.10. The van der Waals surface area contributed by atoms with Gasteiger partial charge in [-0.2, -0.15) is 0 Å². The summed E-state index contributed by atoms with van der Waals surface area (Å²) in [7, 11) is -2.51. The van der Waals surface area contributed by atoms with E-state index in [1.807, 2.05) is 35.7 Å². The Hall–Kier alpha value is -3.76. The standard InChI is InChI=1S/C22H18N4O4S2/c1-30-16-9-10-18(19(12-16)26-32(28,29)17-8-5-11-23-13-17)21(27)25-22-24-20(14-31-22)15-6-3-2-4-7-15/h2-14,26H,1H3,(H,24,25,27). The summed E-state index contributed by atoms with van der Waals surface area (Å²) in [4.78, 5) is 21.2. The van der Waals surface area contributed by atoms with E-state index in [9.17, 15) is 13.2 Å². The van der Waals surface area contributed by atoms with Gasteiger partial charge < -0.3 is 4.74 Å². The largest absolute Gasteiger partial charge is 0.497 e. The number of hydrogen-bond acceptors (Lipinski definition) is 7. The zero-order valence-corrected chi connectivity index (χ0v) is 18.5. The number of anilines is 2. The molecule has 0 fully saturated rings. The third-order valence-electron chi connectivity index (χ3n) is 4.45. The molecule has 0 unspecified atom stereocenters. The third kappa shape index (κ3) is 4.76. The monoisotopic (exact) mass is 466 g/mol. The Bertz CT molecular complexity index is 1340. The van der Waals surface area contributed by atoms with Crippen molar-refractivity contribution in [2.75, 3.05) is 17.1 Å². The molecule has 0 bridgehead atoms. The molecule has 0 aliphatic carbocycles. The number of nitrogens with one attached hydrogen (secondary N) is 2. The molecule has 1 amide bonds. The predicted octanol–water partition coefficient (Wildman–Crippen LogP) is 4.27. The Morgan fingerprint density at radius 3 is 2.59 bits per heavy atom. The Morgan fingerprint density at radius 2 is 1.88 bits per heavy atom. The maximum Gasteiger partial charge on any atom is 0.263 e. The van der Waals surface area contributed by atoms with Crippen LogP contribution in [0.15, 0.2) is 83.3 Å². The van der Waals surface area contributed by atoms with Crippen molar-refractivity contribution in [1.29, 1.82) is 0 Å². The number of amides is 1. The van der Waals surface area contributed by atoms with Crippen molar-refractivity contribution in [3.05, 3.63) is 84.0 Å². The normalized spacial score (nSPS) is 11.0. The number of sulfonamides is 1. The molecule has 32 heavy (non-hydrogen) atoms. The van der Waals surface area contributed by atoms with E-state index in [4.69, 9.17) is 4.74 Å². The number of aromatic nitrogens is 2. The second kappa shape index (κ2) is 9.16. The van der Waals surface area contributed by atoms with E-state index in [0.29, 0.717) is 10.9 Å². The van der Waals surface area contributed by atoms with Crippen LogP contribution in [-0.4, -0.2) is 31.4 Å². The van der Waals surface area contributed by atoms with Gasteiger partial charge in [-0.3, -0.25) is 19.8 Å². The fraction of sp³-hybridized carbons (Fsp3) is 0.0455. The minimum Gasteiger partial charge on any atom is -0.497 e. The number of carbonyl (C=O) groups is 1. The number of ether oxygens (including phenoxy) is 1. The van der Waals surface area contributed by atoms with Crippen LogP contribution in [0.25, 0.3) is 11.3 Å². The van der Waals surface area contributed by atoms with Gasteiger partial charge in [-0.05, 0) is 24.3 Å². The molecule has 4 aromatic rings. The van der Waals surface area contributed by atoms with Crippen LogP contribution in [0.5, 0.6) is 5.75 Å². The van der Waals surface area contributed by atoms with Crippen LogP contribution in [0.3, 0.4) is 0 Å². The van der Waals surface area contributed by atoms with Crippen LogP contribution in [0.4, 0.5) is 10.8 Å². The van der Waals surface area contributed by atoms with Gasteiger partial charge >= 0.3 is 0 Å². The maximum atomic E-state index is 13.0. The maximum absolute atomic E-state index is 13.0. The van der Waals surface area contributed by atoms with E-state index in [-0.39, 0.29) is 16.1 Å². The van der Waals surface area contributed by atoms with Crippen molar-refractivity contribution < 1.29 is 17.9 Å². The predicted molar refractivity (Wildman–Crippen MR) is 124 cm³/mol. The van der Waals surface area contributed by atoms with Gasteiger partial charge in [-0.15, -0.1) is 11.3 Å². The number of benzene rings is 2. The molecule has 2 N–H and O–H groups in total. The molecular formula is C22H18N4O4S2. The first-order valence-corrected chi connectivity index (χ1v) is 11.8. The zero-order chi connectivity index (χ0) is 22.6. The van der Waals surface area contributed by atoms with Crippen molar-refractivity contribution in [3.8, 4) is 17.0 Å². The van der Waals surface area contributed by atoms with E-state index >= 15 is 0 Å². The summed E-state index contributed by atoms with van der Waals surface area (Å²) in [6.45, 7) is 0. The van der Waals surface area contributed by atoms with Gasteiger partial charge in [-0.25, -0.2) is 13.4 Å². The Morgan fingerprint density at radius 1 is 1.06 bits per heavy atom. The van der Waals surface area contributed by atoms with Crippen molar-refractivity contribution in [2.24, 2.45) is 0 Å². The minimum absolute atomic E-state index is 0.0263. The Labute approximate surface area is 189 Å². The molecule has 2 heterocycles. The lowest BCUT2D eigenvalue weighted by atomic mass is 10.1. The number of carbonyl (C=O) groups excluding carboxylic acids is 1. The molecule has 0 saturated heterocycles. The van der Waals surface area contributed by atoms with Crippen LogP contribution in [0.1, 0.15) is 10.4 Å². The number of thiazole rings is 1. The summed E-state index contributed by atoms with van der Waals surface area (Å²) in [5.41, 5.74) is 1.86. The van der Waals surface area contributed by atoms with Crippen LogP contribution in [0.2, 0.25) is 0 Å². The first-order chi connectivity index (χ1) is 15.5. The second-order valence-electron chi connectivity index (χ2n) is 6.56. The van der Waals surface area contributed by atoms with Crippen molar-refractivity contribution in [1.82, 2.24) is 9.97 Å². The van der Waals surface area contributed by atoms with Crippen LogP contribution in [-0.2, 0) is 10.0 Å². The molecule has 0 spiro atoms. The average molecular weight is 467 g/mol. The molecule has 2 aromatic carbocycles. The van der Waals surface area contributed by atoms with E-state index < -0.39 is 15.9 Å². The molecule has 8 nitrogen and oxygen atoms in total. The summed E-state index contributed by atoms with van der Waals surface area (Å²) in [6, 6.07) is 17.0. The Balaban J connectivity index is 1.61. The molecule has 0 aliphatic heterocycles. The molecule has 162 valence electrons. The zero-order valence-electron chi connectivity index (χ0n) is 16.8. The highest BCUT2D eigenvalue weighted by atomic mass is 32.2. The molecule has 0 aliphatic rings. The van der Waals surface area contributed by atoms with Gasteiger partial charge in [0.1, 0.15) is 10.6 Å². The molecule has 2 aromatic heterocycles. The first-order valence-electron chi connectivity index (χ1n) is 9.39. The van der Waals surface area contributed by atoms with Gasteiger partial charge in [0, 0.05) is 29.4 Å². The quantitative estimate of drug-likeness (QED) is 0.421. The van der Waals surface area contributed by atoms with E-state index in [1.165, 1.54) is 55.1 Å². The van der Waals surface area contributed by atoms with E-state index in [0.717, 1.165) is 11.3 Å². The fourth-order valence-electron chi connectivity index (χ4n) is 2.88. The molecule has 0 saturated carbocycles. The highest BCUT2D eigenvalue weighted by Crippen LogP contribution is 2.28. The fourth-order valence-corrected chi connectivity index (χ4v) is 4.63. The minimum atomic E-state index is -3.96. The Kier molecular flexibility index (Phi) is 6.15. The number of hydrogen-bond donors (Lipinski definition) is 2. The van der Waals surface area contributed by atoms with Crippen molar-refractivity contribution in [2.45, 2.75) is 4.90 Å². The summed E-state index contributed by atoms with van der Waals surface area (Å²) in [5, 5.41) is 4.96. The summed E-state index contributed by atoms with van der Waals surface area (Å²) >= 11 is 1.28. The molecule has 4 rings (SSSR count). The van der Waals surface area contributed by atoms with Gasteiger partial charge in [-0.1, -0.05) is 30.3 Å². The van der Waals surface area contributed by atoms with E-state index in [1.54, 1.807) is 6.07 Å². The first kappa shape index (κ1) is 21.5. The van der Waals surface area contributed by atoms with Crippen molar-refractivity contribution in [3.63, 3.8) is 0 Å². The third-order valence-corrected chi connectivity index (χ3v) is 6.56.